The van der Waals surface area contributed by atoms with Crippen LogP contribution in [0.25, 0.3) is 0 Å². The zero-order valence-electron chi connectivity index (χ0n) is 11.8. The smallest absolute Gasteiger partial charge is 0.206 e. The third kappa shape index (κ3) is 3.48. The van der Waals surface area contributed by atoms with Crippen molar-refractivity contribution in [1.29, 1.82) is 0 Å². The number of benzene rings is 1. The van der Waals surface area contributed by atoms with Gasteiger partial charge in [0.05, 0.1) is 0 Å². The van der Waals surface area contributed by atoms with Crippen molar-refractivity contribution in [3.8, 4) is 0 Å². The first kappa shape index (κ1) is 15.2. The summed E-state index contributed by atoms with van der Waals surface area (Å²) in [5.41, 5.74) is 2.22. The zero-order valence-corrected chi connectivity index (χ0v) is 13.5. The highest BCUT2D eigenvalue weighted by atomic mass is 32.2. The summed E-state index contributed by atoms with van der Waals surface area (Å²) in [5.74, 6) is 0.474. The predicted molar refractivity (Wildman–Crippen MR) is 83.6 cm³/mol. The van der Waals surface area contributed by atoms with E-state index in [2.05, 4.69) is 30.7 Å². The number of sulfonamides is 1. The van der Waals surface area contributed by atoms with Crippen LogP contribution >= 0.6 is 11.3 Å². The van der Waals surface area contributed by atoms with Crippen molar-refractivity contribution >= 4 is 21.4 Å². The lowest BCUT2D eigenvalue weighted by Gasteiger charge is -2.15. The highest BCUT2D eigenvalue weighted by Gasteiger charge is 2.19. The average molecular weight is 309 g/mol. The van der Waals surface area contributed by atoms with Gasteiger partial charge < -0.3 is 0 Å². The van der Waals surface area contributed by atoms with E-state index in [1.54, 1.807) is 17.5 Å². The van der Waals surface area contributed by atoms with Crippen LogP contribution in [0.5, 0.6) is 0 Å². The zero-order chi connectivity index (χ0) is 14.8. The first-order valence-corrected chi connectivity index (χ1v) is 8.92. The summed E-state index contributed by atoms with van der Waals surface area (Å²) < 4.78 is 27.4. The van der Waals surface area contributed by atoms with Gasteiger partial charge in [-0.05, 0) is 35.4 Å². The minimum atomic E-state index is -3.42. The van der Waals surface area contributed by atoms with Crippen LogP contribution in [0.15, 0.2) is 46.0 Å². The number of nitrogens with one attached hydrogen (secondary N) is 1. The monoisotopic (exact) mass is 309 g/mol. The van der Waals surface area contributed by atoms with E-state index in [4.69, 9.17) is 0 Å². The van der Waals surface area contributed by atoms with Crippen molar-refractivity contribution in [2.45, 2.75) is 36.9 Å². The van der Waals surface area contributed by atoms with E-state index in [0.29, 0.717) is 10.1 Å². The van der Waals surface area contributed by atoms with Crippen LogP contribution in [-0.4, -0.2) is 8.42 Å². The third-order valence-corrected chi connectivity index (χ3v) is 6.13. The quantitative estimate of drug-likeness (QED) is 0.910. The molecule has 3 nitrogen and oxygen atoms in total. The summed E-state index contributed by atoms with van der Waals surface area (Å²) in [6.45, 7) is 6.13. The molecule has 1 aromatic heterocycles. The predicted octanol–water partition coefficient (Wildman–Crippen LogP) is 3.91. The molecule has 0 aliphatic carbocycles. The van der Waals surface area contributed by atoms with Gasteiger partial charge in [0.25, 0.3) is 10.0 Å². The van der Waals surface area contributed by atoms with Gasteiger partial charge in [-0.1, -0.05) is 44.2 Å². The molecule has 0 radical (unpaired) electrons. The Bertz CT molecular complexity index is 644. The third-order valence-electron chi connectivity index (χ3n) is 3.19. The molecule has 0 bridgehead atoms. The molecule has 1 atom stereocenters. The van der Waals surface area contributed by atoms with Crippen LogP contribution in [0.3, 0.4) is 0 Å². The van der Waals surface area contributed by atoms with Crippen LogP contribution in [0.4, 0.5) is 0 Å². The van der Waals surface area contributed by atoms with Gasteiger partial charge in [-0.3, -0.25) is 0 Å². The molecule has 0 spiro atoms. The molecule has 2 aromatic rings. The molecular weight excluding hydrogens is 290 g/mol. The van der Waals surface area contributed by atoms with Crippen LogP contribution in [0.1, 0.15) is 43.9 Å². The lowest BCUT2D eigenvalue weighted by atomic mass is 10.00. The summed E-state index contributed by atoms with van der Waals surface area (Å²) in [6, 6.07) is 11.2. The number of hydrogen-bond acceptors (Lipinski definition) is 3. The summed E-state index contributed by atoms with van der Waals surface area (Å²) in [6.07, 6.45) is 0. The maximum absolute atomic E-state index is 12.2. The maximum atomic E-state index is 12.2. The number of rotatable bonds is 5. The summed E-state index contributed by atoms with van der Waals surface area (Å²) in [5, 5.41) is 1.76. The Hall–Kier alpha value is -1.17. The van der Waals surface area contributed by atoms with Gasteiger partial charge in [-0.2, -0.15) is 0 Å². The highest BCUT2D eigenvalue weighted by Crippen LogP contribution is 2.22. The Morgan fingerprint density at radius 3 is 2.10 bits per heavy atom. The van der Waals surface area contributed by atoms with Crippen molar-refractivity contribution in [2.75, 3.05) is 0 Å². The SMILES string of the molecule is CC(C)c1ccc(C(C)NS(=O)(=O)c2cccs2)cc1. The first-order valence-electron chi connectivity index (χ1n) is 6.56. The normalized spacial score (nSPS) is 13.6. The molecule has 0 saturated heterocycles. The molecule has 5 heteroatoms. The second-order valence-corrected chi connectivity index (χ2v) is 7.98. The van der Waals surface area contributed by atoms with Crippen LogP contribution in [0.2, 0.25) is 0 Å². The van der Waals surface area contributed by atoms with Gasteiger partial charge in [0.15, 0.2) is 0 Å². The van der Waals surface area contributed by atoms with E-state index in [1.165, 1.54) is 16.9 Å². The maximum Gasteiger partial charge on any atom is 0.250 e. The molecule has 1 aromatic carbocycles. The lowest BCUT2D eigenvalue weighted by molar-refractivity contribution is 0.569. The van der Waals surface area contributed by atoms with Gasteiger partial charge in [0.1, 0.15) is 4.21 Å². The van der Waals surface area contributed by atoms with Crippen molar-refractivity contribution in [2.24, 2.45) is 0 Å². The van der Waals surface area contributed by atoms with E-state index < -0.39 is 10.0 Å². The van der Waals surface area contributed by atoms with E-state index in [1.807, 2.05) is 19.1 Å². The Labute approximate surface area is 124 Å². The molecule has 0 aliphatic heterocycles. The molecule has 0 saturated carbocycles. The molecule has 0 aliphatic rings. The van der Waals surface area contributed by atoms with Crippen molar-refractivity contribution < 1.29 is 8.42 Å². The topological polar surface area (TPSA) is 46.2 Å². The largest absolute Gasteiger partial charge is 0.250 e. The molecule has 1 unspecified atom stereocenters. The molecule has 1 heterocycles. The molecule has 0 fully saturated rings. The van der Waals surface area contributed by atoms with Gasteiger partial charge >= 0.3 is 0 Å². The molecule has 108 valence electrons. The van der Waals surface area contributed by atoms with Crippen LogP contribution in [-0.2, 0) is 10.0 Å². The fraction of sp³-hybridized carbons (Fsp3) is 0.333. The molecular formula is C15H19NO2S2. The Morgan fingerprint density at radius 1 is 1.00 bits per heavy atom. The average Bonchev–Trinajstić information content (AvgIpc) is 2.93. The Balaban J connectivity index is 2.14. The standard InChI is InChI=1S/C15H19NO2S2/c1-11(2)13-6-8-14(9-7-13)12(3)16-20(17,18)15-5-4-10-19-15/h4-12,16H,1-3H3. The minimum absolute atomic E-state index is 0.247. The Morgan fingerprint density at radius 2 is 1.60 bits per heavy atom. The van der Waals surface area contributed by atoms with E-state index in [-0.39, 0.29) is 6.04 Å². The summed E-state index contributed by atoms with van der Waals surface area (Å²) in [7, 11) is -3.42. The summed E-state index contributed by atoms with van der Waals surface area (Å²) >= 11 is 1.22. The fourth-order valence-corrected chi connectivity index (χ4v) is 4.19. The summed E-state index contributed by atoms with van der Waals surface area (Å²) in [4.78, 5) is 0. The van der Waals surface area contributed by atoms with E-state index in [0.717, 1.165) is 5.56 Å². The fourth-order valence-electron chi connectivity index (χ4n) is 1.94. The molecule has 20 heavy (non-hydrogen) atoms. The van der Waals surface area contributed by atoms with Crippen LogP contribution in [0, 0.1) is 0 Å². The van der Waals surface area contributed by atoms with Crippen molar-refractivity contribution in [3.63, 3.8) is 0 Å². The number of hydrogen-bond donors (Lipinski definition) is 1. The minimum Gasteiger partial charge on any atom is -0.206 e. The van der Waals surface area contributed by atoms with Gasteiger partial charge in [-0.25, -0.2) is 13.1 Å². The van der Waals surface area contributed by atoms with Gasteiger partial charge in [-0.15, -0.1) is 11.3 Å². The second-order valence-electron chi connectivity index (χ2n) is 5.10. The molecule has 2 rings (SSSR count). The molecule has 1 N–H and O–H groups in total. The Kier molecular flexibility index (Phi) is 4.62. The van der Waals surface area contributed by atoms with Crippen LogP contribution < -0.4 is 4.72 Å². The van der Waals surface area contributed by atoms with E-state index >= 15 is 0 Å². The van der Waals surface area contributed by atoms with E-state index in [9.17, 15) is 8.42 Å². The van der Waals surface area contributed by atoms with Gasteiger partial charge in [0.2, 0.25) is 0 Å². The first-order chi connectivity index (χ1) is 9.40. The highest BCUT2D eigenvalue weighted by molar-refractivity contribution is 7.91. The lowest BCUT2D eigenvalue weighted by Crippen LogP contribution is -2.26. The molecule has 0 amide bonds. The second kappa shape index (κ2) is 6.08. The van der Waals surface area contributed by atoms with Gasteiger partial charge in [0, 0.05) is 6.04 Å². The number of thiophene rings is 1. The van der Waals surface area contributed by atoms with Crippen molar-refractivity contribution in [3.05, 3.63) is 52.9 Å². The van der Waals surface area contributed by atoms with Crippen molar-refractivity contribution in [1.82, 2.24) is 4.72 Å².